The lowest BCUT2D eigenvalue weighted by molar-refractivity contribution is 0.0389. The van der Waals surface area contributed by atoms with E-state index in [1.807, 2.05) is 12.1 Å². The van der Waals surface area contributed by atoms with Crippen LogP contribution in [0.25, 0.3) is 0 Å². The molecule has 2 nitrogen and oxygen atoms in total. The molecule has 1 saturated heterocycles. The SMILES string of the molecule is COc1ccc(C2CC[C@@H](CCCCBr)O2)cc1. The first-order chi connectivity index (χ1) is 8.83. The molecule has 1 aromatic rings. The second-order valence-electron chi connectivity index (χ2n) is 4.78. The Morgan fingerprint density at radius 2 is 2.00 bits per heavy atom. The van der Waals surface area contributed by atoms with Crippen LogP contribution in [0.15, 0.2) is 24.3 Å². The number of methoxy groups -OCH3 is 1. The molecule has 1 heterocycles. The van der Waals surface area contributed by atoms with E-state index in [-0.39, 0.29) is 6.10 Å². The lowest BCUT2D eigenvalue weighted by atomic mass is 10.0. The lowest BCUT2D eigenvalue weighted by Crippen LogP contribution is -2.06. The predicted molar refractivity (Wildman–Crippen MR) is 77.5 cm³/mol. The molecular weight excluding hydrogens is 292 g/mol. The Morgan fingerprint density at radius 1 is 1.22 bits per heavy atom. The molecule has 2 rings (SSSR count). The van der Waals surface area contributed by atoms with E-state index in [1.165, 1.54) is 31.2 Å². The van der Waals surface area contributed by atoms with Gasteiger partial charge in [0, 0.05) is 5.33 Å². The Bertz CT molecular complexity index is 350. The largest absolute Gasteiger partial charge is 0.497 e. The molecule has 18 heavy (non-hydrogen) atoms. The quantitative estimate of drug-likeness (QED) is 0.569. The normalized spacial score (nSPS) is 23.2. The van der Waals surface area contributed by atoms with Gasteiger partial charge in [-0.15, -0.1) is 0 Å². The van der Waals surface area contributed by atoms with Crippen molar-refractivity contribution in [2.75, 3.05) is 12.4 Å². The number of unbranched alkanes of at least 4 members (excludes halogenated alkanes) is 1. The molecule has 0 aromatic heterocycles. The van der Waals surface area contributed by atoms with Crippen molar-refractivity contribution in [2.24, 2.45) is 0 Å². The van der Waals surface area contributed by atoms with Crippen molar-refractivity contribution in [2.45, 2.75) is 44.3 Å². The van der Waals surface area contributed by atoms with E-state index in [0.717, 1.165) is 17.5 Å². The van der Waals surface area contributed by atoms with E-state index >= 15 is 0 Å². The fourth-order valence-corrected chi connectivity index (χ4v) is 2.84. The molecule has 0 radical (unpaired) electrons. The lowest BCUT2D eigenvalue weighted by Gasteiger charge is -2.14. The van der Waals surface area contributed by atoms with Gasteiger partial charge < -0.3 is 9.47 Å². The Morgan fingerprint density at radius 3 is 2.67 bits per heavy atom. The molecule has 0 spiro atoms. The summed E-state index contributed by atoms with van der Waals surface area (Å²) in [5.74, 6) is 0.908. The highest BCUT2D eigenvalue weighted by Gasteiger charge is 2.25. The monoisotopic (exact) mass is 312 g/mol. The average molecular weight is 313 g/mol. The van der Waals surface area contributed by atoms with Gasteiger partial charge in [-0.2, -0.15) is 0 Å². The first-order valence-electron chi connectivity index (χ1n) is 6.69. The third kappa shape index (κ3) is 3.72. The number of ether oxygens (including phenoxy) is 2. The van der Waals surface area contributed by atoms with Gasteiger partial charge in [-0.25, -0.2) is 0 Å². The van der Waals surface area contributed by atoms with Crippen LogP contribution in [0.1, 0.15) is 43.8 Å². The first-order valence-corrected chi connectivity index (χ1v) is 7.81. The van der Waals surface area contributed by atoms with Crippen LogP contribution in [0.3, 0.4) is 0 Å². The molecule has 1 fully saturated rings. The molecule has 0 saturated carbocycles. The number of hydrogen-bond donors (Lipinski definition) is 0. The zero-order valence-corrected chi connectivity index (χ0v) is 12.5. The van der Waals surface area contributed by atoms with E-state index in [9.17, 15) is 0 Å². The number of hydrogen-bond acceptors (Lipinski definition) is 2. The predicted octanol–water partition coefficient (Wildman–Crippen LogP) is 4.48. The van der Waals surface area contributed by atoms with Crippen LogP contribution >= 0.6 is 15.9 Å². The van der Waals surface area contributed by atoms with Gasteiger partial charge in [-0.1, -0.05) is 34.5 Å². The van der Waals surface area contributed by atoms with E-state index in [4.69, 9.17) is 9.47 Å². The average Bonchev–Trinajstić information content (AvgIpc) is 2.88. The third-order valence-corrected chi connectivity index (χ3v) is 4.07. The van der Waals surface area contributed by atoms with Crippen molar-refractivity contribution < 1.29 is 9.47 Å². The molecule has 0 amide bonds. The summed E-state index contributed by atoms with van der Waals surface area (Å²) in [6.07, 6.45) is 6.77. The second kappa shape index (κ2) is 7.15. The van der Waals surface area contributed by atoms with E-state index in [2.05, 4.69) is 28.1 Å². The van der Waals surface area contributed by atoms with Crippen molar-refractivity contribution in [3.05, 3.63) is 29.8 Å². The summed E-state index contributed by atoms with van der Waals surface area (Å²) >= 11 is 3.47. The maximum absolute atomic E-state index is 6.11. The number of rotatable bonds is 6. The first kappa shape index (κ1) is 13.9. The summed E-state index contributed by atoms with van der Waals surface area (Å²) < 4.78 is 11.3. The molecule has 0 N–H and O–H groups in total. The maximum Gasteiger partial charge on any atom is 0.118 e. The summed E-state index contributed by atoms with van der Waals surface area (Å²) in [5, 5.41) is 1.10. The van der Waals surface area contributed by atoms with Crippen molar-refractivity contribution in [1.82, 2.24) is 0 Å². The van der Waals surface area contributed by atoms with Crippen LogP contribution in [-0.4, -0.2) is 18.5 Å². The van der Waals surface area contributed by atoms with Gasteiger partial charge in [-0.3, -0.25) is 0 Å². The fourth-order valence-electron chi connectivity index (χ4n) is 2.45. The summed E-state index contributed by atoms with van der Waals surface area (Å²) in [6.45, 7) is 0. The van der Waals surface area contributed by atoms with Crippen LogP contribution in [0.2, 0.25) is 0 Å². The maximum atomic E-state index is 6.11. The fraction of sp³-hybridized carbons (Fsp3) is 0.600. The van der Waals surface area contributed by atoms with Gasteiger partial charge in [0.2, 0.25) is 0 Å². The molecule has 0 aliphatic carbocycles. The Hall–Kier alpha value is -0.540. The summed E-state index contributed by atoms with van der Waals surface area (Å²) in [6, 6.07) is 8.25. The minimum atomic E-state index is 0.282. The molecule has 100 valence electrons. The smallest absolute Gasteiger partial charge is 0.118 e. The van der Waals surface area contributed by atoms with Crippen molar-refractivity contribution in [3.63, 3.8) is 0 Å². The Labute approximate surface area is 118 Å². The molecule has 1 unspecified atom stereocenters. The van der Waals surface area contributed by atoms with Crippen LogP contribution in [0.4, 0.5) is 0 Å². The van der Waals surface area contributed by atoms with E-state index in [0.29, 0.717) is 6.10 Å². The zero-order chi connectivity index (χ0) is 12.8. The van der Waals surface area contributed by atoms with Gasteiger partial charge in [-0.05, 0) is 43.4 Å². The molecule has 1 aliphatic heterocycles. The molecule has 1 aromatic carbocycles. The van der Waals surface area contributed by atoms with Gasteiger partial charge in [0.1, 0.15) is 5.75 Å². The topological polar surface area (TPSA) is 18.5 Å². The van der Waals surface area contributed by atoms with Gasteiger partial charge in [0.15, 0.2) is 0 Å². The van der Waals surface area contributed by atoms with E-state index < -0.39 is 0 Å². The number of benzene rings is 1. The summed E-state index contributed by atoms with van der Waals surface area (Å²) in [7, 11) is 1.70. The van der Waals surface area contributed by atoms with Crippen molar-refractivity contribution in [1.29, 1.82) is 0 Å². The molecule has 3 heteroatoms. The highest BCUT2D eigenvalue weighted by molar-refractivity contribution is 9.09. The molecule has 0 bridgehead atoms. The minimum Gasteiger partial charge on any atom is -0.497 e. The molecule has 2 atom stereocenters. The third-order valence-electron chi connectivity index (χ3n) is 3.50. The number of alkyl halides is 1. The Balaban J connectivity index is 1.83. The highest BCUT2D eigenvalue weighted by atomic mass is 79.9. The van der Waals surface area contributed by atoms with Crippen LogP contribution < -0.4 is 4.74 Å². The number of halogens is 1. The zero-order valence-electron chi connectivity index (χ0n) is 10.9. The van der Waals surface area contributed by atoms with Crippen LogP contribution in [0, 0.1) is 0 Å². The van der Waals surface area contributed by atoms with Gasteiger partial charge >= 0.3 is 0 Å². The van der Waals surface area contributed by atoms with Crippen molar-refractivity contribution >= 4 is 15.9 Å². The van der Waals surface area contributed by atoms with Gasteiger partial charge in [0.25, 0.3) is 0 Å². The summed E-state index contributed by atoms with van der Waals surface area (Å²) in [4.78, 5) is 0. The van der Waals surface area contributed by atoms with Crippen LogP contribution in [0.5, 0.6) is 5.75 Å². The second-order valence-corrected chi connectivity index (χ2v) is 5.58. The van der Waals surface area contributed by atoms with Crippen molar-refractivity contribution in [3.8, 4) is 5.75 Å². The van der Waals surface area contributed by atoms with Crippen LogP contribution in [-0.2, 0) is 4.74 Å². The molecule has 1 aliphatic rings. The van der Waals surface area contributed by atoms with Gasteiger partial charge in [0.05, 0.1) is 19.3 Å². The Kier molecular flexibility index (Phi) is 5.51. The molecular formula is C15H21BrO2. The van der Waals surface area contributed by atoms with E-state index in [1.54, 1.807) is 7.11 Å². The minimum absolute atomic E-state index is 0.282. The highest BCUT2D eigenvalue weighted by Crippen LogP contribution is 2.35. The summed E-state index contributed by atoms with van der Waals surface area (Å²) in [5.41, 5.74) is 1.28. The standard InChI is InChI=1S/C15H21BrO2/c1-17-13-7-5-12(6-8-13)15-10-9-14(18-15)4-2-3-11-16/h5-8,14-15H,2-4,9-11H2,1H3/t14-,15?/m1/s1.